The Hall–Kier alpha value is -1.55. The number of nitrogen functional groups attached to an aromatic ring is 1. The Morgan fingerprint density at radius 1 is 1.29 bits per heavy atom. The summed E-state index contributed by atoms with van der Waals surface area (Å²) >= 11 is 0. The summed E-state index contributed by atoms with van der Waals surface area (Å²) in [5, 5.41) is 3.52. The van der Waals surface area contributed by atoms with Gasteiger partial charge < -0.3 is 15.8 Å². The molecule has 1 aromatic carbocycles. The summed E-state index contributed by atoms with van der Waals surface area (Å²) in [5.74, 6) is 0.760. The number of para-hydroxylation sites is 1. The maximum absolute atomic E-state index is 11.5. The van der Waals surface area contributed by atoms with E-state index in [-0.39, 0.29) is 11.9 Å². The summed E-state index contributed by atoms with van der Waals surface area (Å²) in [6.07, 6.45) is 5.11. The number of hydrogen-bond donors (Lipinski definition) is 2. The van der Waals surface area contributed by atoms with Crippen LogP contribution in [0.25, 0.3) is 0 Å². The van der Waals surface area contributed by atoms with Crippen LogP contribution >= 0.6 is 0 Å². The lowest BCUT2D eigenvalue weighted by molar-refractivity contribution is -0.146. The first-order chi connectivity index (χ1) is 10.2. The number of nitrogens with two attached hydrogens (primary N) is 1. The van der Waals surface area contributed by atoms with E-state index in [1.54, 1.807) is 0 Å². The first-order valence-electron chi connectivity index (χ1n) is 7.82. The second-order valence-corrected chi connectivity index (χ2v) is 5.89. The fourth-order valence-electron chi connectivity index (χ4n) is 3.06. The average molecular weight is 290 g/mol. The highest BCUT2D eigenvalue weighted by atomic mass is 16.5. The zero-order chi connectivity index (χ0) is 15.1. The van der Waals surface area contributed by atoms with Gasteiger partial charge >= 0.3 is 5.97 Å². The van der Waals surface area contributed by atoms with E-state index in [9.17, 15) is 4.79 Å². The van der Waals surface area contributed by atoms with Crippen LogP contribution in [0.1, 0.15) is 31.2 Å². The molecular weight excluding hydrogens is 264 g/mol. The molecule has 21 heavy (non-hydrogen) atoms. The number of carbonyl (C=O) groups excluding carboxylic acids is 1. The van der Waals surface area contributed by atoms with Crippen molar-refractivity contribution in [2.45, 2.75) is 32.1 Å². The van der Waals surface area contributed by atoms with Gasteiger partial charge in [-0.1, -0.05) is 18.2 Å². The number of methoxy groups -OCH3 is 1. The van der Waals surface area contributed by atoms with Crippen LogP contribution in [0.3, 0.4) is 0 Å². The number of benzene rings is 1. The second kappa shape index (κ2) is 8.03. The molecule has 4 nitrogen and oxygen atoms in total. The predicted molar refractivity (Wildman–Crippen MR) is 84.9 cm³/mol. The van der Waals surface area contributed by atoms with E-state index in [0.717, 1.165) is 50.9 Å². The van der Waals surface area contributed by atoms with Gasteiger partial charge in [0.1, 0.15) is 0 Å². The second-order valence-electron chi connectivity index (χ2n) is 5.89. The lowest BCUT2D eigenvalue weighted by Gasteiger charge is -2.27. The third-order valence-corrected chi connectivity index (χ3v) is 4.44. The molecule has 3 N–H and O–H groups in total. The largest absolute Gasteiger partial charge is 0.469 e. The summed E-state index contributed by atoms with van der Waals surface area (Å²) in [5.41, 5.74) is 8.01. The number of carbonyl (C=O) groups is 1. The fourth-order valence-corrected chi connectivity index (χ4v) is 3.06. The quantitative estimate of drug-likeness (QED) is 0.479. The van der Waals surface area contributed by atoms with Crippen molar-refractivity contribution in [3.8, 4) is 0 Å². The van der Waals surface area contributed by atoms with Crippen molar-refractivity contribution in [2.24, 2.45) is 11.8 Å². The molecule has 116 valence electrons. The van der Waals surface area contributed by atoms with Crippen molar-refractivity contribution in [3.05, 3.63) is 29.8 Å². The number of rotatable bonds is 6. The zero-order valence-electron chi connectivity index (χ0n) is 12.8. The van der Waals surface area contributed by atoms with Crippen LogP contribution in [0.4, 0.5) is 5.69 Å². The smallest absolute Gasteiger partial charge is 0.308 e. The molecule has 2 rings (SSSR count). The molecule has 1 fully saturated rings. The zero-order valence-corrected chi connectivity index (χ0v) is 12.8. The van der Waals surface area contributed by atoms with Crippen molar-refractivity contribution in [1.82, 2.24) is 5.32 Å². The lowest BCUT2D eigenvalue weighted by atomic mass is 9.82. The van der Waals surface area contributed by atoms with Crippen molar-refractivity contribution >= 4 is 11.7 Å². The Morgan fingerprint density at radius 3 is 2.67 bits per heavy atom. The van der Waals surface area contributed by atoms with Crippen molar-refractivity contribution in [1.29, 1.82) is 0 Å². The van der Waals surface area contributed by atoms with Gasteiger partial charge in [-0.05, 0) is 62.7 Å². The summed E-state index contributed by atoms with van der Waals surface area (Å²) in [6.45, 7) is 1.98. The highest BCUT2D eigenvalue weighted by Crippen LogP contribution is 2.29. The Labute approximate surface area is 127 Å². The fraction of sp³-hybridized carbons (Fsp3) is 0.588. The van der Waals surface area contributed by atoms with Gasteiger partial charge in [0.15, 0.2) is 0 Å². The van der Waals surface area contributed by atoms with Crippen LogP contribution in [-0.2, 0) is 16.0 Å². The molecule has 1 aliphatic rings. The van der Waals surface area contributed by atoms with Crippen LogP contribution in [0.15, 0.2) is 24.3 Å². The third kappa shape index (κ3) is 4.74. The average Bonchev–Trinajstić information content (AvgIpc) is 2.53. The molecule has 1 saturated carbocycles. The van der Waals surface area contributed by atoms with Gasteiger partial charge in [0.25, 0.3) is 0 Å². The molecule has 0 aromatic heterocycles. The molecule has 0 saturated heterocycles. The Balaban J connectivity index is 1.62. The molecule has 0 atom stereocenters. The number of hydrogen-bond acceptors (Lipinski definition) is 4. The van der Waals surface area contributed by atoms with Gasteiger partial charge in [0.2, 0.25) is 0 Å². The molecule has 0 radical (unpaired) electrons. The number of nitrogens with one attached hydrogen (secondary N) is 1. The van der Waals surface area contributed by atoms with Gasteiger partial charge in [-0.3, -0.25) is 4.79 Å². The van der Waals surface area contributed by atoms with Gasteiger partial charge in [-0.2, -0.15) is 0 Å². The van der Waals surface area contributed by atoms with Crippen LogP contribution < -0.4 is 11.1 Å². The van der Waals surface area contributed by atoms with E-state index < -0.39 is 0 Å². The van der Waals surface area contributed by atoms with E-state index in [0.29, 0.717) is 5.92 Å². The first kappa shape index (κ1) is 15.8. The number of ether oxygens (including phenoxy) is 1. The SMILES string of the molecule is COC(=O)[C@H]1CC[C@H](CNCCc2ccccc2N)CC1. The van der Waals surface area contributed by atoms with Crippen molar-refractivity contribution < 1.29 is 9.53 Å². The summed E-state index contributed by atoms with van der Waals surface area (Å²) in [4.78, 5) is 11.5. The van der Waals surface area contributed by atoms with Crippen molar-refractivity contribution in [2.75, 3.05) is 25.9 Å². The topological polar surface area (TPSA) is 64.3 Å². The van der Waals surface area contributed by atoms with E-state index in [4.69, 9.17) is 10.5 Å². The Kier molecular flexibility index (Phi) is 6.05. The molecule has 0 spiro atoms. The molecule has 0 unspecified atom stereocenters. The minimum atomic E-state index is -0.0408. The third-order valence-electron chi connectivity index (χ3n) is 4.44. The van der Waals surface area contributed by atoms with E-state index in [1.165, 1.54) is 12.7 Å². The Bertz CT molecular complexity index is 454. The molecule has 0 bridgehead atoms. The minimum absolute atomic E-state index is 0.0408. The van der Waals surface area contributed by atoms with Gasteiger partial charge in [0.05, 0.1) is 13.0 Å². The monoisotopic (exact) mass is 290 g/mol. The molecule has 1 aliphatic carbocycles. The molecule has 0 amide bonds. The molecule has 0 aliphatic heterocycles. The van der Waals surface area contributed by atoms with E-state index in [2.05, 4.69) is 11.4 Å². The standard InChI is InChI=1S/C17H26N2O2/c1-21-17(20)15-8-6-13(7-9-15)12-19-11-10-14-4-2-3-5-16(14)18/h2-5,13,15,19H,6-12,18H2,1H3/t13-,15-. The van der Waals surface area contributed by atoms with Gasteiger partial charge in [-0.25, -0.2) is 0 Å². The summed E-state index contributed by atoms with van der Waals surface area (Å²) in [6, 6.07) is 8.02. The summed E-state index contributed by atoms with van der Waals surface area (Å²) < 4.78 is 4.82. The first-order valence-corrected chi connectivity index (χ1v) is 7.82. The molecular formula is C17H26N2O2. The lowest BCUT2D eigenvalue weighted by Crippen LogP contribution is -2.30. The van der Waals surface area contributed by atoms with E-state index in [1.807, 2.05) is 18.2 Å². The van der Waals surface area contributed by atoms with Crippen molar-refractivity contribution in [3.63, 3.8) is 0 Å². The molecule has 4 heteroatoms. The Morgan fingerprint density at radius 2 is 2.00 bits per heavy atom. The maximum atomic E-state index is 11.5. The van der Waals surface area contributed by atoms with Crippen LogP contribution in [-0.4, -0.2) is 26.2 Å². The minimum Gasteiger partial charge on any atom is -0.469 e. The number of anilines is 1. The summed E-state index contributed by atoms with van der Waals surface area (Å²) in [7, 11) is 1.48. The predicted octanol–water partition coefficient (Wildman–Crippen LogP) is 2.38. The number of esters is 1. The highest BCUT2D eigenvalue weighted by molar-refractivity contribution is 5.72. The van der Waals surface area contributed by atoms with E-state index >= 15 is 0 Å². The van der Waals surface area contributed by atoms with Crippen LogP contribution in [0, 0.1) is 11.8 Å². The molecule has 0 heterocycles. The van der Waals surface area contributed by atoms with Crippen LogP contribution in [0.2, 0.25) is 0 Å². The van der Waals surface area contributed by atoms with Crippen LogP contribution in [0.5, 0.6) is 0 Å². The maximum Gasteiger partial charge on any atom is 0.308 e. The van der Waals surface area contributed by atoms with Gasteiger partial charge in [-0.15, -0.1) is 0 Å². The molecule has 1 aromatic rings. The normalized spacial score (nSPS) is 22.0. The van der Waals surface area contributed by atoms with Gasteiger partial charge in [0, 0.05) is 5.69 Å². The highest BCUT2D eigenvalue weighted by Gasteiger charge is 2.26.